The Bertz CT molecular complexity index is 1130. The molecule has 0 radical (unpaired) electrons. The van der Waals surface area contributed by atoms with Gasteiger partial charge in [0.15, 0.2) is 5.43 Å². The summed E-state index contributed by atoms with van der Waals surface area (Å²) >= 11 is 0. The molecule has 4 rings (SSSR count). The van der Waals surface area contributed by atoms with Gasteiger partial charge in [0.25, 0.3) is 0 Å². The van der Waals surface area contributed by atoms with E-state index in [-0.39, 0.29) is 16.9 Å². The number of nitrogens with zero attached hydrogens (tertiary/aromatic N) is 1. The van der Waals surface area contributed by atoms with Crippen LogP contribution in [-0.2, 0) is 6.54 Å². The van der Waals surface area contributed by atoms with E-state index in [0.29, 0.717) is 23.0 Å². The molecule has 26 heavy (non-hydrogen) atoms. The number of aromatic hydroxyl groups is 2. The molecule has 0 atom stereocenters. The predicted octanol–water partition coefficient (Wildman–Crippen LogP) is 4.13. The van der Waals surface area contributed by atoms with Crippen molar-refractivity contribution in [3.63, 3.8) is 0 Å². The molecule has 0 amide bonds. The van der Waals surface area contributed by atoms with Gasteiger partial charge in [0.05, 0.1) is 5.52 Å². The fraction of sp³-hybridized carbons (Fsp3) is 0.0455. The number of rotatable bonds is 3. The van der Waals surface area contributed by atoms with Crippen molar-refractivity contribution < 1.29 is 10.2 Å². The summed E-state index contributed by atoms with van der Waals surface area (Å²) in [4.78, 5) is 13.0. The van der Waals surface area contributed by atoms with Crippen LogP contribution in [0.1, 0.15) is 5.56 Å². The standard InChI is InChI=1S/C22H17NO3/c24-17-8-6-16(7-9-17)20-14-23(13-15-4-2-1-3-5-15)21-12-18(25)10-11-19(21)22(20)26/h1-12,14,24-25H,13H2. The summed E-state index contributed by atoms with van der Waals surface area (Å²) < 4.78 is 1.97. The Kier molecular flexibility index (Phi) is 3.93. The highest BCUT2D eigenvalue weighted by Gasteiger charge is 2.12. The number of benzene rings is 3. The van der Waals surface area contributed by atoms with Gasteiger partial charge in [0.1, 0.15) is 11.5 Å². The topological polar surface area (TPSA) is 62.5 Å². The number of aromatic nitrogens is 1. The van der Waals surface area contributed by atoms with Gasteiger partial charge in [0, 0.05) is 29.8 Å². The molecule has 0 spiro atoms. The van der Waals surface area contributed by atoms with Gasteiger partial charge < -0.3 is 14.8 Å². The Morgan fingerprint density at radius 2 is 1.50 bits per heavy atom. The second kappa shape index (κ2) is 6.41. The van der Waals surface area contributed by atoms with E-state index in [4.69, 9.17) is 0 Å². The van der Waals surface area contributed by atoms with Crippen molar-refractivity contribution in [3.8, 4) is 22.6 Å². The van der Waals surface area contributed by atoms with Gasteiger partial charge in [0.2, 0.25) is 0 Å². The van der Waals surface area contributed by atoms with E-state index in [2.05, 4.69) is 0 Å². The second-order valence-corrected chi connectivity index (χ2v) is 6.23. The molecule has 128 valence electrons. The summed E-state index contributed by atoms with van der Waals surface area (Å²) in [6.45, 7) is 0.576. The van der Waals surface area contributed by atoms with E-state index < -0.39 is 0 Å². The largest absolute Gasteiger partial charge is 0.508 e. The molecule has 1 aromatic heterocycles. The molecule has 0 saturated heterocycles. The Morgan fingerprint density at radius 1 is 0.808 bits per heavy atom. The Morgan fingerprint density at radius 3 is 2.23 bits per heavy atom. The van der Waals surface area contributed by atoms with Crippen molar-refractivity contribution in [2.75, 3.05) is 0 Å². The predicted molar refractivity (Wildman–Crippen MR) is 103 cm³/mol. The van der Waals surface area contributed by atoms with Gasteiger partial charge in [-0.2, -0.15) is 0 Å². The minimum Gasteiger partial charge on any atom is -0.508 e. The van der Waals surface area contributed by atoms with Crippen molar-refractivity contribution in [1.29, 1.82) is 0 Å². The van der Waals surface area contributed by atoms with E-state index in [0.717, 1.165) is 11.1 Å². The van der Waals surface area contributed by atoms with Gasteiger partial charge in [-0.1, -0.05) is 42.5 Å². The third-order valence-corrected chi connectivity index (χ3v) is 4.44. The molecule has 0 saturated carbocycles. The lowest BCUT2D eigenvalue weighted by atomic mass is 10.0. The zero-order valence-corrected chi connectivity index (χ0v) is 14.0. The lowest BCUT2D eigenvalue weighted by Gasteiger charge is -2.14. The zero-order chi connectivity index (χ0) is 18.1. The van der Waals surface area contributed by atoms with Gasteiger partial charge in [-0.05, 0) is 35.4 Å². The number of hydrogen-bond acceptors (Lipinski definition) is 3. The first kappa shape index (κ1) is 16.0. The van der Waals surface area contributed by atoms with Crippen LogP contribution in [0.15, 0.2) is 83.8 Å². The van der Waals surface area contributed by atoms with E-state index in [1.165, 1.54) is 6.07 Å². The molecular formula is C22H17NO3. The van der Waals surface area contributed by atoms with Crippen molar-refractivity contribution >= 4 is 10.9 Å². The maximum Gasteiger partial charge on any atom is 0.197 e. The van der Waals surface area contributed by atoms with E-state index >= 15 is 0 Å². The third-order valence-electron chi connectivity index (χ3n) is 4.44. The zero-order valence-electron chi connectivity index (χ0n) is 14.0. The fourth-order valence-electron chi connectivity index (χ4n) is 3.14. The van der Waals surface area contributed by atoms with Crippen LogP contribution in [0.4, 0.5) is 0 Å². The van der Waals surface area contributed by atoms with Crippen molar-refractivity contribution in [3.05, 3.63) is 94.8 Å². The molecule has 0 aliphatic carbocycles. The van der Waals surface area contributed by atoms with Crippen LogP contribution >= 0.6 is 0 Å². The molecule has 3 aromatic carbocycles. The lowest BCUT2D eigenvalue weighted by molar-refractivity contribution is 0.475. The minimum atomic E-state index is -0.102. The van der Waals surface area contributed by atoms with E-state index in [1.807, 2.05) is 41.1 Å². The Labute approximate surface area is 150 Å². The molecule has 0 bridgehead atoms. The maximum atomic E-state index is 13.0. The molecule has 0 aliphatic heterocycles. The number of phenols is 2. The van der Waals surface area contributed by atoms with Gasteiger partial charge in [-0.3, -0.25) is 4.79 Å². The molecule has 1 heterocycles. The van der Waals surface area contributed by atoms with Gasteiger partial charge >= 0.3 is 0 Å². The van der Waals surface area contributed by atoms with Crippen molar-refractivity contribution in [2.24, 2.45) is 0 Å². The molecule has 4 aromatic rings. The first-order chi connectivity index (χ1) is 12.6. The van der Waals surface area contributed by atoms with Crippen LogP contribution in [-0.4, -0.2) is 14.8 Å². The number of hydrogen-bond donors (Lipinski definition) is 2. The lowest BCUT2D eigenvalue weighted by Crippen LogP contribution is -2.12. The highest BCUT2D eigenvalue weighted by molar-refractivity contribution is 5.85. The van der Waals surface area contributed by atoms with E-state index in [1.54, 1.807) is 36.4 Å². The van der Waals surface area contributed by atoms with Crippen LogP contribution < -0.4 is 5.43 Å². The molecule has 0 aliphatic rings. The summed E-state index contributed by atoms with van der Waals surface area (Å²) in [5, 5.41) is 19.9. The van der Waals surface area contributed by atoms with E-state index in [9.17, 15) is 15.0 Å². The summed E-state index contributed by atoms with van der Waals surface area (Å²) in [5.41, 5.74) is 2.97. The smallest absolute Gasteiger partial charge is 0.197 e. The normalized spacial score (nSPS) is 10.9. The summed E-state index contributed by atoms with van der Waals surface area (Å²) in [6, 6.07) is 21.3. The third kappa shape index (κ3) is 2.93. The highest BCUT2D eigenvalue weighted by atomic mass is 16.3. The minimum absolute atomic E-state index is 0.102. The summed E-state index contributed by atoms with van der Waals surface area (Å²) in [6.07, 6.45) is 1.81. The monoisotopic (exact) mass is 343 g/mol. The van der Waals surface area contributed by atoms with Crippen molar-refractivity contribution in [1.82, 2.24) is 4.57 Å². The van der Waals surface area contributed by atoms with Crippen LogP contribution in [0.25, 0.3) is 22.0 Å². The molecule has 4 nitrogen and oxygen atoms in total. The average Bonchev–Trinajstić information content (AvgIpc) is 2.65. The number of pyridine rings is 1. The second-order valence-electron chi connectivity index (χ2n) is 6.23. The summed E-state index contributed by atoms with van der Waals surface area (Å²) in [7, 11) is 0. The maximum absolute atomic E-state index is 13.0. The number of fused-ring (bicyclic) bond motifs is 1. The fourth-order valence-corrected chi connectivity index (χ4v) is 3.14. The number of phenolic OH excluding ortho intramolecular Hbond substituents is 2. The average molecular weight is 343 g/mol. The molecule has 0 fully saturated rings. The van der Waals surface area contributed by atoms with Crippen molar-refractivity contribution in [2.45, 2.75) is 6.54 Å². The molecule has 2 N–H and O–H groups in total. The van der Waals surface area contributed by atoms with Crippen LogP contribution in [0.3, 0.4) is 0 Å². The quantitative estimate of drug-likeness (QED) is 0.588. The molecule has 0 unspecified atom stereocenters. The van der Waals surface area contributed by atoms with Crippen LogP contribution in [0.2, 0.25) is 0 Å². The van der Waals surface area contributed by atoms with Gasteiger partial charge in [-0.25, -0.2) is 0 Å². The van der Waals surface area contributed by atoms with Crippen LogP contribution in [0, 0.1) is 0 Å². The SMILES string of the molecule is O=c1c(-c2ccc(O)cc2)cn(Cc2ccccc2)c2cc(O)ccc12. The van der Waals surface area contributed by atoms with Gasteiger partial charge in [-0.15, -0.1) is 0 Å². The first-order valence-electron chi connectivity index (χ1n) is 8.31. The highest BCUT2D eigenvalue weighted by Crippen LogP contribution is 2.25. The summed E-state index contributed by atoms with van der Waals surface area (Å²) in [5.74, 6) is 0.278. The first-order valence-corrected chi connectivity index (χ1v) is 8.31. The molecular weight excluding hydrogens is 326 g/mol. The Hall–Kier alpha value is -3.53. The Balaban J connectivity index is 1.96. The van der Waals surface area contributed by atoms with Crippen LogP contribution in [0.5, 0.6) is 11.5 Å². The molecule has 4 heteroatoms.